The van der Waals surface area contributed by atoms with E-state index in [2.05, 4.69) is 14.7 Å². The number of carbonyl (C=O) groups is 1. The summed E-state index contributed by atoms with van der Waals surface area (Å²) < 4.78 is 27.9. The van der Waals surface area contributed by atoms with Crippen LogP contribution in [-0.4, -0.2) is 34.0 Å². The molecule has 20 heavy (non-hydrogen) atoms. The fourth-order valence-corrected chi connectivity index (χ4v) is 2.41. The summed E-state index contributed by atoms with van der Waals surface area (Å²) in [6, 6.07) is 4.03. The number of aryl methyl sites for hydroxylation is 1. The number of carboxylic acid groups (broad SMARTS) is 1. The van der Waals surface area contributed by atoms with Gasteiger partial charge in [0.25, 0.3) is 10.0 Å². The molecule has 106 valence electrons. The average molecular weight is 296 g/mol. The van der Waals surface area contributed by atoms with Crippen LogP contribution in [-0.2, 0) is 16.6 Å². The first-order valence-electron chi connectivity index (χ1n) is 5.67. The summed E-state index contributed by atoms with van der Waals surface area (Å²) in [7, 11) is -3.88. The van der Waals surface area contributed by atoms with Gasteiger partial charge in [-0.1, -0.05) is 6.07 Å². The molecule has 2 aromatic heterocycles. The van der Waals surface area contributed by atoms with Crippen molar-refractivity contribution in [1.29, 1.82) is 0 Å². The Kier molecular flexibility index (Phi) is 3.70. The van der Waals surface area contributed by atoms with E-state index in [0.717, 1.165) is 0 Å². The number of imidazole rings is 1. The minimum Gasteiger partial charge on any atom is -0.477 e. The van der Waals surface area contributed by atoms with E-state index in [1.54, 1.807) is 4.57 Å². The molecular formula is C11H12N4O4S. The van der Waals surface area contributed by atoms with Gasteiger partial charge in [0, 0.05) is 12.7 Å². The van der Waals surface area contributed by atoms with Gasteiger partial charge in [-0.05, 0) is 19.1 Å². The largest absolute Gasteiger partial charge is 0.477 e. The highest BCUT2D eigenvalue weighted by Gasteiger charge is 2.18. The number of aromatic nitrogens is 3. The molecule has 0 bridgehead atoms. The first-order chi connectivity index (χ1) is 9.42. The molecule has 2 rings (SSSR count). The van der Waals surface area contributed by atoms with E-state index in [9.17, 15) is 13.2 Å². The lowest BCUT2D eigenvalue weighted by atomic mass is 10.3. The van der Waals surface area contributed by atoms with Gasteiger partial charge in [0.05, 0.1) is 6.33 Å². The van der Waals surface area contributed by atoms with Crippen LogP contribution in [0.2, 0.25) is 0 Å². The van der Waals surface area contributed by atoms with E-state index in [1.807, 2.05) is 6.92 Å². The predicted molar refractivity (Wildman–Crippen MR) is 69.9 cm³/mol. The molecule has 2 aromatic rings. The number of pyridine rings is 1. The Morgan fingerprint density at radius 3 is 2.80 bits per heavy atom. The van der Waals surface area contributed by atoms with Gasteiger partial charge in [0.15, 0.2) is 10.7 Å². The number of carboxylic acids is 1. The molecular weight excluding hydrogens is 284 g/mol. The number of nitrogens with zero attached hydrogens (tertiary/aromatic N) is 3. The Morgan fingerprint density at radius 2 is 2.20 bits per heavy atom. The van der Waals surface area contributed by atoms with Crippen molar-refractivity contribution in [3.63, 3.8) is 0 Å². The Bertz CT molecular complexity index is 738. The van der Waals surface area contributed by atoms with E-state index < -0.39 is 16.0 Å². The third-order valence-corrected chi connectivity index (χ3v) is 3.70. The topological polar surface area (TPSA) is 114 Å². The number of anilines is 1. The van der Waals surface area contributed by atoms with Crippen LogP contribution in [0.25, 0.3) is 0 Å². The summed E-state index contributed by atoms with van der Waals surface area (Å²) in [5.74, 6) is -1.31. The molecule has 0 aromatic carbocycles. The maximum absolute atomic E-state index is 12.0. The Morgan fingerprint density at radius 1 is 1.45 bits per heavy atom. The quantitative estimate of drug-likeness (QED) is 0.843. The Hall–Kier alpha value is -2.42. The molecule has 0 atom stereocenters. The van der Waals surface area contributed by atoms with Gasteiger partial charge in [-0.2, -0.15) is 8.42 Å². The standard InChI is InChI=1S/C11H12N4O4S/c1-2-15-6-10(12-7-15)20(18,19)14-9-5-3-4-8(13-9)11(16)17/h3-7H,2H2,1H3,(H,13,14)(H,16,17). The van der Waals surface area contributed by atoms with Gasteiger partial charge in [-0.3, -0.25) is 4.72 Å². The SMILES string of the molecule is CCn1cnc(S(=O)(=O)Nc2cccc(C(=O)O)n2)c1. The minimum absolute atomic E-state index is 0.0732. The van der Waals surface area contributed by atoms with Crippen LogP contribution in [0.15, 0.2) is 35.7 Å². The fraction of sp³-hybridized carbons (Fsp3) is 0.182. The molecule has 0 unspecified atom stereocenters. The van der Waals surface area contributed by atoms with Gasteiger partial charge in [-0.25, -0.2) is 14.8 Å². The van der Waals surface area contributed by atoms with Gasteiger partial charge in [0.1, 0.15) is 5.82 Å². The first-order valence-corrected chi connectivity index (χ1v) is 7.15. The number of hydrogen-bond acceptors (Lipinski definition) is 5. The van der Waals surface area contributed by atoms with Crippen molar-refractivity contribution in [2.24, 2.45) is 0 Å². The summed E-state index contributed by atoms with van der Waals surface area (Å²) in [6.07, 6.45) is 2.78. The summed E-state index contributed by atoms with van der Waals surface area (Å²) in [6.45, 7) is 2.44. The Balaban J connectivity index is 2.28. The molecule has 0 spiro atoms. The van der Waals surface area contributed by atoms with E-state index in [1.165, 1.54) is 30.7 Å². The van der Waals surface area contributed by atoms with Crippen molar-refractivity contribution in [3.8, 4) is 0 Å². The highest BCUT2D eigenvalue weighted by Crippen LogP contribution is 2.13. The molecule has 9 heteroatoms. The second kappa shape index (κ2) is 5.29. The maximum atomic E-state index is 12.0. The van der Waals surface area contributed by atoms with Crippen molar-refractivity contribution in [2.45, 2.75) is 18.5 Å². The second-order valence-electron chi connectivity index (χ2n) is 3.86. The molecule has 0 aliphatic rings. The molecule has 0 aliphatic carbocycles. The van der Waals surface area contributed by atoms with Gasteiger partial charge >= 0.3 is 5.97 Å². The summed E-state index contributed by atoms with van der Waals surface area (Å²) in [5.41, 5.74) is -0.246. The molecule has 2 N–H and O–H groups in total. The van der Waals surface area contributed by atoms with Crippen molar-refractivity contribution >= 4 is 21.8 Å². The second-order valence-corrected chi connectivity index (χ2v) is 5.49. The summed E-state index contributed by atoms with van der Waals surface area (Å²) >= 11 is 0. The molecule has 0 radical (unpaired) electrons. The van der Waals surface area contributed by atoms with Crippen LogP contribution in [0.1, 0.15) is 17.4 Å². The van der Waals surface area contributed by atoms with Gasteiger partial charge in [0.2, 0.25) is 0 Å². The monoisotopic (exact) mass is 296 g/mol. The van der Waals surface area contributed by atoms with Crippen molar-refractivity contribution in [2.75, 3.05) is 4.72 Å². The number of hydrogen-bond donors (Lipinski definition) is 2. The van der Waals surface area contributed by atoms with E-state index in [-0.39, 0.29) is 16.5 Å². The molecule has 0 fully saturated rings. The fourth-order valence-electron chi connectivity index (χ4n) is 1.45. The molecule has 0 amide bonds. The van der Waals surface area contributed by atoms with Gasteiger partial charge in [-0.15, -0.1) is 0 Å². The van der Waals surface area contributed by atoms with Crippen LogP contribution >= 0.6 is 0 Å². The van der Waals surface area contributed by atoms with Crippen molar-refractivity contribution < 1.29 is 18.3 Å². The molecule has 2 heterocycles. The maximum Gasteiger partial charge on any atom is 0.354 e. The lowest BCUT2D eigenvalue weighted by Gasteiger charge is -2.05. The number of sulfonamides is 1. The van der Waals surface area contributed by atoms with E-state index in [4.69, 9.17) is 5.11 Å². The van der Waals surface area contributed by atoms with E-state index >= 15 is 0 Å². The third-order valence-electron chi connectivity index (χ3n) is 2.46. The zero-order valence-corrected chi connectivity index (χ0v) is 11.3. The minimum atomic E-state index is -3.88. The van der Waals surface area contributed by atoms with Crippen LogP contribution < -0.4 is 4.72 Å². The van der Waals surface area contributed by atoms with Gasteiger partial charge < -0.3 is 9.67 Å². The lowest BCUT2D eigenvalue weighted by Crippen LogP contribution is -2.15. The molecule has 0 saturated heterocycles. The smallest absolute Gasteiger partial charge is 0.354 e. The van der Waals surface area contributed by atoms with Crippen LogP contribution in [0, 0.1) is 0 Å². The molecule has 0 saturated carbocycles. The predicted octanol–water partition coefficient (Wildman–Crippen LogP) is 0.797. The normalized spacial score (nSPS) is 11.2. The molecule has 8 nitrogen and oxygen atoms in total. The average Bonchev–Trinajstić information content (AvgIpc) is 2.88. The zero-order chi connectivity index (χ0) is 14.8. The number of aromatic carboxylic acids is 1. The van der Waals surface area contributed by atoms with Crippen LogP contribution in [0.4, 0.5) is 5.82 Å². The number of rotatable bonds is 5. The zero-order valence-electron chi connectivity index (χ0n) is 10.5. The number of nitrogens with one attached hydrogen (secondary N) is 1. The summed E-state index contributed by atoms with van der Waals surface area (Å²) in [5, 5.41) is 8.65. The lowest BCUT2D eigenvalue weighted by molar-refractivity contribution is 0.0690. The molecule has 0 aliphatic heterocycles. The third kappa shape index (κ3) is 2.94. The Labute approximate surface area is 115 Å². The van der Waals surface area contributed by atoms with Crippen molar-refractivity contribution in [3.05, 3.63) is 36.4 Å². The van der Waals surface area contributed by atoms with E-state index in [0.29, 0.717) is 6.54 Å². The summed E-state index contributed by atoms with van der Waals surface area (Å²) in [4.78, 5) is 18.2. The van der Waals surface area contributed by atoms with Crippen LogP contribution in [0.5, 0.6) is 0 Å². The highest BCUT2D eigenvalue weighted by molar-refractivity contribution is 7.92. The van der Waals surface area contributed by atoms with Crippen molar-refractivity contribution in [1.82, 2.24) is 14.5 Å². The highest BCUT2D eigenvalue weighted by atomic mass is 32.2. The first kappa shape index (κ1) is 14.0. The van der Waals surface area contributed by atoms with Crippen LogP contribution in [0.3, 0.4) is 0 Å².